The number of aryl methyl sites for hydroxylation is 1. The Morgan fingerprint density at radius 1 is 1.47 bits per heavy atom. The molecule has 7 nitrogen and oxygen atoms in total. The van der Waals surface area contributed by atoms with Gasteiger partial charge in [0, 0.05) is 19.3 Å². The van der Waals surface area contributed by atoms with E-state index in [9.17, 15) is 14.4 Å². The monoisotopic (exact) mass is 260 g/mol. The first-order valence-corrected chi connectivity index (χ1v) is 5.96. The first-order valence-electron chi connectivity index (χ1n) is 5.96. The van der Waals surface area contributed by atoms with Gasteiger partial charge in [0.25, 0.3) is 11.5 Å². The number of aromatic nitrogens is 3. The van der Waals surface area contributed by atoms with Gasteiger partial charge in [-0.3, -0.25) is 19.1 Å². The van der Waals surface area contributed by atoms with E-state index in [0.717, 1.165) is 12.8 Å². The lowest BCUT2D eigenvalue weighted by molar-refractivity contribution is 0.0951. The van der Waals surface area contributed by atoms with E-state index in [0.29, 0.717) is 5.56 Å². The Morgan fingerprint density at radius 2 is 2.21 bits per heavy atom. The van der Waals surface area contributed by atoms with Crippen molar-refractivity contribution in [2.24, 2.45) is 7.05 Å². The molecule has 0 bridgehead atoms. The maximum atomic E-state index is 11.9. The van der Waals surface area contributed by atoms with Gasteiger partial charge < -0.3 is 5.32 Å². The van der Waals surface area contributed by atoms with Gasteiger partial charge in [0.15, 0.2) is 0 Å². The van der Waals surface area contributed by atoms with Gasteiger partial charge in [-0.05, 0) is 18.9 Å². The summed E-state index contributed by atoms with van der Waals surface area (Å²) < 4.78 is 1.24. The fraction of sp³-hybridized carbons (Fsp3) is 0.333. The second-order valence-corrected chi connectivity index (χ2v) is 4.66. The Kier molecular flexibility index (Phi) is 2.48. The highest BCUT2D eigenvalue weighted by Gasteiger charge is 2.24. The van der Waals surface area contributed by atoms with Crippen LogP contribution in [0.4, 0.5) is 0 Å². The third-order valence-corrected chi connectivity index (χ3v) is 3.13. The predicted molar refractivity (Wildman–Crippen MR) is 68.1 cm³/mol. The normalized spacial score (nSPS) is 14.6. The van der Waals surface area contributed by atoms with Gasteiger partial charge in [-0.25, -0.2) is 9.78 Å². The number of hydrogen-bond donors (Lipinski definition) is 2. The number of nitrogens with one attached hydrogen (secondary N) is 2. The summed E-state index contributed by atoms with van der Waals surface area (Å²) in [6.07, 6.45) is 3.35. The molecule has 1 amide bonds. The maximum absolute atomic E-state index is 11.9. The van der Waals surface area contributed by atoms with Crippen molar-refractivity contribution in [2.45, 2.75) is 18.9 Å². The van der Waals surface area contributed by atoms with E-state index >= 15 is 0 Å². The molecule has 2 aromatic heterocycles. The Hall–Kier alpha value is -2.44. The minimum Gasteiger partial charge on any atom is -0.349 e. The third-order valence-electron chi connectivity index (χ3n) is 3.13. The zero-order valence-electron chi connectivity index (χ0n) is 10.3. The van der Waals surface area contributed by atoms with Crippen molar-refractivity contribution in [2.75, 3.05) is 0 Å². The van der Waals surface area contributed by atoms with E-state index in [2.05, 4.69) is 15.3 Å². The smallest absolute Gasteiger partial charge is 0.329 e. The van der Waals surface area contributed by atoms with Crippen LogP contribution in [0.5, 0.6) is 0 Å². The number of carbonyl (C=O) groups excluding carboxylic acids is 1. The molecule has 0 unspecified atom stereocenters. The van der Waals surface area contributed by atoms with Crippen LogP contribution in [0.3, 0.4) is 0 Å². The van der Waals surface area contributed by atoms with Crippen molar-refractivity contribution in [3.63, 3.8) is 0 Å². The summed E-state index contributed by atoms with van der Waals surface area (Å²) in [6, 6.07) is 1.69. The van der Waals surface area contributed by atoms with Crippen LogP contribution in [0.15, 0.2) is 21.9 Å². The molecule has 19 heavy (non-hydrogen) atoms. The highest BCUT2D eigenvalue weighted by atomic mass is 16.2. The lowest BCUT2D eigenvalue weighted by atomic mass is 10.2. The molecule has 2 aromatic rings. The molecule has 2 heterocycles. The van der Waals surface area contributed by atoms with Gasteiger partial charge in [0.2, 0.25) is 0 Å². The molecule has 7 heteroatoms. The zero-order valence-corrected chi connectivity index (χ0v) is 10.3. The van der Waals surface area contributed by atoms with Crippen molar-refractivity contribution >= 4 is 16.9 Å². The molecule has 1 saturated carbocycles. The van der Waals surface area contributed by atoms with E-state index in [-0.39, 0.29) is 23.0 Å². The molecule has 1 fully saturated rings. The van der Waals surface area contributed by atoms with E-state index in [1.165, 1.54) is 23.9 Å². The molecule has 0 saturated heterocycles. The van der Waals surface area contributed by atoms with Crippen molar-refractivity contribution in [3.8, 4) is 0 Å². The summed E-state index contributed by atoms with van der Waals surface area (Å²) in [5.74, 6) is -0.245. The summed E-state index contributed by atoms with van der Waals surface area (Å²) in [6.45, 7) is 0. The van der Waals surface area contributed by atoms with Crippen molar-refractivity contribution in [1.82, 2.24) is 19.9 Å². The number of aromatic amines is 1. The summed E-state index contributed by atoms with van der Waals surface area (Å²) in [7, 11) is 1.51. The summed E-state index contributed by atoms with van der Waals surface area (Å²) in [5, 5.41) is 3.05. The molecule has 98 valence electrons. The third kappa shape index (κ3) is 2.03. The molecule has 0 radical (unpaired) electrons. The van der Waals surface area contributed by atoms with Crippen LogP contribution in [0, 0.1) is 0 Å². The fourth-order valence-electron chi connectivity index (χ4n) is 1.86. The number of amides is 1. The summed E-state index contributed by atoms with van der Waals surface area (Å²) >= 11 is 0. The average Bonchev–Trinajstić information content (AvgIpc) is 3.19. The Balaban J connectivity index is 2.12. The predicted octanol–water partition coefficient (Wildman–Crippen LogP) is -0.486. The summed E-state index contributed by atoms with van der Waals surface area (Å²) in [5.41, 5.74) is -0.480. The molecule has 1 aliphatic carbocycles. The maximum Gasteiger partial charge on any atom is 0.329 e. The standard InChI is InChI=1S/C12H12N4O3/c1-16-9-8(11(18)15-12(16)19)4-6(5-13-9)10(17)14-7-2-3-7/h4-5,7H,2-3H2,1H3,(H,14,17)(H,15,18,19). The number of H-pyrrole nitrogens is 1. The minimum atomic E-state index is -0.535. The first-order chi connectivity index (χ1) is 9.06. The molecular formula is C12H12N4O3. The van der Waals surface area contributed by atoms with Crippen LogP contribution in [-0.4, -0.2) is 26.5 Å². The molecule has 0 aromatic carbocycles. The minimum absolute atomic E-state index is 0.227. The number of hydrogen-bond acceptors (Lipinski definition) is 4. The van der Waals surface area contributed by atoms with Crippen LogP contribution < -0.4 is 16.6 Å². The fourth-order valence-corrected chi connectivity index (χ4v) is 1.86. The number of pyridine rings is 1. The topological polar surface area (TPSA) is 96.9 Å². The van der Waals surface area contributed by atoms with E-state index < -0.39 is 11.2 Å². The highest BCUT2D eigenvalue weighted by molar-refractivity contribution is 5.97. The van der Waals surface area contributed by atoms with Gasteiger partial charge in [0.1, 0.15) is 5.65 Å². The van der Waals surface area contributed by atoms with Crippen LogP contribution in [0.2, 0.25) is 0 Å². The Labute approximate surface area is 107 Å². The molecular weight excluding hydrogens is 248 g/mol. The van der Waals surface area contributed by atoms with Gasteiger partial charge in [0.05, 0.1) is 10.9 Å². The van der Waals surface area contributed by atoms with Gasteiger partial charge in [-0.15, -0.1) is 0 Å². The quantitative estimate of drug-likeness (QED) is 0.761. The SMILES string of the molecule is Cn1c(=O)[nH]c(=O)c2cc(C(=O)NC3CC3)cnc21. The lowest BCUT2D eigenvalue weighted by Crippen LogP contribution is -2.30. The van der Waals surface area contributed by atoms with E-state index in [1.54, 1.807) is 0 Å². The molecule has 0 aliphatic heterocycles. The largest absolute Gasteiger partial charge is 0.349 e. The van der Waals surface area contributed by atoms with Crippen LogP contribution in [-0.2, 0) is 7.05 Å². The second kappa shape index (κ2) is 4.04. The highest BCUT2D eigenvalue weighted by Crippen LogP contribution is 2.19. The molecule has 0 spiro atoms. The number of carbonyl (C=O) groups is 1. The summed E-state index contributed by atoms with van der Waals surface area (Å²) in [4.78, 5) is 41.2. The average molecular weight is 260 g/mol. The zero-order chi connectivity index (χ0) is 13.6. The van der Waals surface area contributed by atoms with Crippen molar-refractivity contribution < 1.29 is 4.79 Å². The first kappa shape index (κ1) is 11.6. The van der Waals surface area contributed by atoms with Gasteiger partial charge in [-0.1, -0.05) is 0 Å². The van der Waals surface area contributed by atoms with Crippen LogP contribution in [0.1, 0.15) is 23.2 Å². The number of nitrogens with zero attached hydrogens (tertiary/aromatic N) is 2. The van der Waals surface area contributed by atoms with Crippen molar-refractivity contribution in [3.05, 3.63) is 38.7 Å². The number of fused-ring (bicyclic) bond motifs is 1. The van der Waals surface area contributed by atoms with E-state index in [1.807, 2.05) is 0 Å². The second-order valence-electron chi connectivity index (χ2n) is 4.66. The van der Waals surface area contributed by atoms with E-state index in [4.69, 9.17) is 0 Å². The molecule has 1 aliphatic rings. The molecule has 3 rings (SSSR count). The van der Waals surface area contributed by atoms with Gasteiger partial charge in [-0.2, -0.15) is 0 Å². The molecule has 0 atom stereocenters. The van der Waals surface area contributed by atoms with Crippen molar-refractivity contribution in [1.29, 1.82) is 0 Å². The van der Waals surface area contributed by atoms with Gasteiger partial charge >= 0.3 is 5.69 Å². The number of rotatable bonds is 2. The molecule has 2 N–H and O–H groups in total. The lowest BCUT2D eigenvalue weighted by Gasteiger charge is -2.05. The van der Waals surface area contributed by atoms with Crippen LogP contribution >= 0.6 is 0 Å². The Bertz CT molecular complexity index is 786. The Morgan fingerprint density at radius 3 is 2.89 bits per heavy atom. The van der Waals surface area contributed by atoms with Crippen LogP contribution in [0.25, 0.3) is 11.0 Å².